The van der Waals surface area contributed by atoms with Crippen molar-refractivity contribution in [1.82, 2.24) is 9.29 Å². The van der Waals surface area contributed by atoms with E-state index in [0.717, 1.165) is 24.2 Å². The molecule has 0 atom stereocenters. The van der Waals surface area contributed by atoms with E-state index in [1.54, 1.807) is 11.6 Å². The number of hydrogen-bond acceptors (Lipinski definition) is 6. The maximum atomic E-state index is 12.6. The molecule has 0 radical (unpaired) electrons. The first-order chi connectivity index (χ1) is 11.0. The van der Waals surface area contributed by atoms with E-state index in [1.165, 1.54) is 27.1 Å². The SMILES string of the molecule is CC1CCN(S(=O)(=O)c2csc(C(=O)Nc3nccs3)c2)CC1. The van der Waals surface area contributed by atoms with Gasteiger partial charge in [0, 0.05) is 30.0 Å². The Morgan fingerprint density at radius 1 is 1.35 bits per heavy atom. The number of aromatic nitrogens is 1. The number of carbonyl (C=O) groups is 1. The van der Waals surface area contributed by atoms with Gasteiger partial charge in [0.2, 0.25) is 10.0 Å². The molecule has 9 heteroatoms. The number of nitrogens with one attached hydrogen (secondary N) is 1. The second kappa shape index (κ2) is 6.68. The predicted molar refractivity (Wildman–Crippen MR) is 91.5 cm³/mol. The van der Waals surface area contributed by atoms with E-state index in [-0.39, 0.29) is 10.8 Å². The zero-order valence-electron chi connectivity index (χ0n) is 12.6. The van der Waals surface area contributed by atoms with Gasteiger partial charge in [0.15, 0.2) is 5.13 Å². The summed E-state index contributed by atoms with van der Waals surface area (Å²) in [6, 6.07) is 1.45. The van der Waals surface area contributed by atoms with Gasteiger partial charge in [-0.3, -0.25) is 10.1 Å². The molecule has 0 aromatic carbocycles. The number of sulfonamides is 1. The summed E-state index contributed by atoms with van der Waals surface area (Å²) in [6.07, 6.45) is 3.35. The van der Waals surface area contributed by atoms with E-state index in [9.17, 15) is 13.2 Å². The third-order valence-electron chi connectivity index (χ3n) is 3.83. The molecule has 3 rings (SSSR count). The monoisotopic (exact) mass is 371 g/mol. The molecule has 0 aliphatic carbocycles. The van der Waals surface area contributed by atoms with Crippen LogP contribution < -0.4 is 5.32 Å². The molecule has 1 aliphatic rings. The van der Waals surface area contributed by atoms with Gasteiger partial charge in [-0.15, -0.1) is 22.7 Å². The van der Waals surface area contributed by atoms with Crippen LogP contribution in [0.1, 0.15) is 29.4 Å². The zero-order chi connectivity index (χ0) is 16.4. The quantitative estimate of drug-likeness (QED) is 0.896. The highest BCUT2D eigenvalue weighted by molar-refractivity contribution is 7.89. The predicted octanol–water partition coefficient (Wildman–Crippen LogP) is 2.88. The highest BCUT2D eigenvalue weighted by Gasteiger charge is 2.29. The first-order valence-electron chi connectivity index (χ1n) is 7.26. The fourth-order valence-electron chi connectivity index (χ4n) is 2.39. The molecule has 2 aromatic rings. The molecular weight excluding hydrogens is 354 g/mol. The van der Waals surface area contributed by atoms with Crippen molar-refractivity contribution < 1.29 is 13.2 Å². The number of thiazole rings is 1. The Bertz CT molecular complexity index is 775. The van der Waals surface area contributed by atoms with Gasteiger partial charge in [-0.2, -0.15) is 4.31 Å². The number of thiophene rings is 1. The van der Waals surface area contributed by atoms with Crippen LogP contribution in [0.15, 0.2) is 27.9 Å². The van der Waals surface area contributed by atoms with Crippen molar-refractivity contribution in [2.24, 2.45) is 5.92 Å². The molecule has 1 amide bonds. The molecule has 1 aliphatic heterocycles. The molecule has 2 aromatic heterocycles. The summed E-state index contributed by atoms with van der Waals surface area (Å²) >= 11 is 2.45. The number of anilines is 1. The average Bonchev–Trinajstić information content (AvgIpc) is 3.19. The van der Waals surface area contributed by atoms with E-state index < -0.39 is 10.0 Å². The minimum absolute atomic E-state index is 0.196. The summed E-state index contributed by atoms with van der Waals surface area (Å²) < 4.78 is 26.8. The lowest BCUT2D eigenvalue weighted by Gasteiger charge is -2.29. The number of piperidine rings is 1. The fourth-order valence-corrected chi connectivity index (χ4v) is 5.54. The molecule has 23 heavy (non-hydrogen) atoms. The smallest absolute Gasteiger partial charge is 0.267 e. The summed E-state index contributed by atoms with van der Waals surface area (Å²) in [7, 11) is -3.51. The number of rotatable bonds is 4. The maximum Gasteiger partial charge on any atom is 0.267 e. The molecular formula is C14H17N3O3S3. The summed E-state index contributed by atoms with van der Waals surface area (Å²) in [4.78, 5) is 16.7. The van der Waals surface area contributed by atoms with E-state index in [4.69, 9.17) is 0 Å². The Morgan fingerprint density at radius 2 is 2.09 bits per heavy atom. The zero-order valence-corrected chi connectivity index (χ0v) is 15.0. The standard InChI is InChI=1S/C14H17N3O3S3/c1-10-2-5-17(6-3-10)23(19,20)11-8-12(22-9-11)13(18)16-14-15-4-7-21-14/h4,7-10H,2-3,5-6H2,1H3,(H,15,16,18). The summed E-state index contributed by atoms with van der Waals surface area (Å²) in [6.45, 7) is 3.22. The van der Waals surface area contributed by atoms with Gasteiger partial charge in [0.05, 0.1) is 9.77 Å². The van der Waals surface area contributed by atoms with E-state index in [1.807, 2.05) is 0 Å². The third kappa shape index (κ3) is 3.63. The van der Waals surface area contributed by atoms with Crippen LogP contribution in [0.4, 0.5) is 5.13 Å². The number of carbonyl (C=O) groups excluding carboxylic acids is 1. The largest absolute Gasteiger partial charge is 0.297 e. The molecule has 3 heterocycles. The Morgan fingerprint density at radius 3 is 2.74 bits per heavy atom. The van der Waals surface area contributed by atoms with Crippen LogP contribution in [0.5, 0.6) is 0 Å². The third-order valence-corrected chi connectivity index (χ3v) is 7.48. The molecule has 1 N–H and O–H groups in total. The Hall–Kier alpha value is -1.29. The second-order valence-corrected chi connectivity index (χ2v) is 9.27. The van der Waals surface area contributed by atoms with Gasteiger partial charge in [0.1, 0.15) is 0 Å². The number of amides is 1. The summed E-state index contributed by atoms with van der Waals surface area (Å²) in [5.41, 5.74) is 0. The van der Waals surface area contributed by atoms with Crippen LogP contribution in [0, 0.1) is 5.92 Å². The molecule has 0 bridgehead atoms. The number of hydrogen-bond donors (Lipinski definition) is 1. The van der Waals surface area contributed by atoms with Crippen LogP contribution in [-0.4, -0.2) is 36.7 Å². The molecule has 0 spiro atoms. The molecule has 0 unspecified atom stereocenters. The van der Waals surface area contributed by atoms with Crippen molar-refractivity contribution in [3.63, 3.8) is 0 Å². The highest BCUT2D eigenvalue weighted by atomic mass is 32.2. The van der Waals surface area contributed by atoms with Crippen molar-refractivity contribution in [2.45, 2.75) is 24.7 Å². The Labute approximate surface area is 143 Å². The Kier molecular flexibility index (Phi) is 4.81. The van der Waals surface area contributed by atoms with Gasteiger partial charge < -0.3 is 0 Å². The molecule has 0 saturated carbocycles. The van der Waals surface area contributed by atoms with Crippen molar-refractivity contribution in [3.05, 3.63) is 27.9 Å². The lowest BCUT2D eigenvalue weighted by molar-refractivity contribution is 0.103. The van der Waals surface area contributed by atoms with E-state index in [0.29, 0.717) is 29.0 Å². The van der Waals surface area contributed by atoms with Crippen LogP contribution in [0.2, 0.25) is 0 Å². The normalized spacial score (nSPS) is 17.3. The fraction of sp³-hybridized carbons (Fsp3) is 0.429. The maximum absolute atomic E-state index is 12.6. The molecule has 1 fully saturated rings. The molecule has 1 saturated heterocycles. The minimum atomic E-state index is -3.51. The van der Waals surface area contributed by atoms with Gasteiger partial charge in [-0.05, 0) is 24.8 Å². The van der Waals surface area contributed by atoms with Crippen molar-refractivity contribution in [1.29, 1.82) is 0 Å². The van der Waals surface area contributed by atoms with Crippen LogP contribution in [-0.2, 0) is 10.0 Å². The number of nitrogens with zero attached hydrogens (tertiary/aromatic N) is 2. The Balaban J connectivity index is 1.74. The first-order valence-corrected chi connectivity index (χ1v) is 10.5. The topological polar surface area (TPSA) is 79.4 Å². The van der Waals surface area contributed by atoms with E-state index in [2.05, 4.69) is 17.2 Å². The lowest BCUT2D eigenvalue weighted by atomic mass is 10.0. The van der Waals surface area contributed by atoms with Crippen molar-refractivity contribution in [2.75, 3.05) is 18.4 Å². The summed E-state index contributed by atoms with van der Waals surface area (Å²) in [5.74, 6) is 0.224. The minimum Gasteiger partial charge on any atom is -0.297 e. The molecule has 124 valence electrons. The lowest BCUT2D eigenvalue weighted by Crippen LogP contribution is -2.37. The van der Waals surface area contributed by atoms with E-state index >= 15 is 0 Å². The summed E-state index contributed by atoms with van der Waals surface area (Å²) in [5, 5.41) is 6.45. The van der Waals surface area contributed by atoms with Crippen LogP contribution in [0.3, 0.4) is 0 Å². The van der Waals surface area contributed by atoms with Gasteiger partial charge in [0.25, 0.3) is 5.91 Å². The van der Waals surface area contributed by atoms with Crippen molar-refractivity contribution >= 4 is 43.7 Å². The van der Waals surface area contributed by atoms with Crippen LogP contribution in [0.25, 0.3) is 0 Å². The average molecular weight is 372 g/mol. The van der Waals surface area contributed by atoms with Gasteiger partial charge in [-0.25, -0.2) is 13.4 Å². The second-order valence-electron chi connectivity index (χ2n) is 5.52. The van der Waals surface area contributed by atoms with Crippen LogP contribution >= 0.6 is 22.7 Å². The van der Waals surface area contributed by atoms with Gasteiger partial charge in [-0.1, -0.05) is 6.92 Å². The van der Waals surface area contributed by atoms with Crippen molar-refractivity contribution in [3.8, 4) is 0 Å². The first kappa shape index (κ1) is 16.6. The highest BCUT2D eigenvalue weighted by Crippen LogP contribution is 2.27. The molecule has 6 nitrogen and oxygen atoms in total. The van der Waals surface area contributed by atoms with Gasteiger partial charge >= 0.3 is 0 Å².